The van der Waals surface area contributed by atoms with Crippen molar-refractivity contribution in [2.24, 2.45) is 0 Å². The molecule has 4 heterocycles. The normalized spacial score (nSPS) is 15.0. The van der Waals surface area contributed by atoms with Crippen molar-refractivity contribution in [1.82, 2.24) is 19.4 Å². The molecular formula is C32H27Cl4FN6O3. The summed E-state index contributed by atoms with van der Waals surface area (Å²) in [5.41, 5.74) is 0.569. The summed E-state index contributed by atoms with van der Waals surface area (Å²) >= 11 is 25.2. The van der Waals surface area contributed by atoms with Gasteiger partial charge in [0.1, 0.15) is 33.1 Å². The lowest BCUT2D eigenvalue weighted by Crippen LogP contribution is -2.54. The molecule has 14 heteroatoms. The van der Waals surface area contributed by atoms with E-state index in [1.165, 1.54) is 16.7 Å². The van der Waals surface area contributed by atoms with Gasteiger partial charge >= 0.3 is 0 Å². The predicted octanol–water partition coefficient (Wildman–Crippen LogP) is 7.43. The molecule has 1 atom stereocenters. The van der Waals surface area contributed by atoms with Gasteiger partial charge in [-0.1, -0.05) is 66.8 Å². The lowest BCUT2D eigenvalue weighted by molar-refractivity contribution is -0.128. The van der Waals surface area contributed by atoms with E-state index in [9.17, 15) is 20.0 Å². The van der Waals surface area contributed by atoms with Crippen LogP contribution >= 0.6 is 46.4 Å². The van der Waals surface area contributed by atoms with Crippen LogP contribution in [0.15, 0.2) is 35.8 Å². The van der Waals surface area contributed by atoms with Gasteiger partial charge in [0.15, 0.2) is 5.82 Å². The third kappa shape index (κ3) is 5.35. The van der Waals surface area contributed by atoms with Crippen molar-refractivity contribution in [3.8, 4) is 28.8 Å². The summed E-state index contributed by atoms with van der Waals surface area (Å²) in [6.45, 7) is 11.9. The lowest BCUT2D eigenvalue weighted by Gasteiger charge is -2.41. The predicted molar refractivity (Wildman–Crippen MR) is 179 cm³/mol. The second-order valence-electron chi connectivity index (χ2n) is 11.2. The number of hydrogen-bond acceptors (Lipinski definition) is 7. The maximum Gasteiger partial charge on any atom is 0.276 e. The number of aromatic hydroxyl groups is 1. The Labute approximate surface area is 284 Å². The number of carbonyl (C=O) groups is 1. The van der Waals surface area contributed by atoms with Gasteiger partial charge in [-0.15, -0.1) is 0 Å². The standard InChI is InChI=1S/C32H27Cl4FN6O3/c1-6-20(44)42-10-9-41(13-16(42)5)29-17-11-19(33)27(21-22(34)25(37)23(35)24(36)30(21)45)40-31(17)43(32(46)18(29)12-38)28-15(4)7-8-39-26(28)14(2)3/h6-8,11,14,16,45H,1,9-10,13H2,2-5H3/t16-/m1/s1. The average molecular weight is 704 g/mol. The molecule has 4 aromatic rings. The van der Waals surface area contributed by atoms with Crippen LogP contribution in [-0.4, -0.2) is 56.1 Å². The van der Waals surface area contributed by atoms with Gasteiger partial charge in [-0.05, 0) is 43.5 Å². The molecule has 238 valence electrons. The van der Waals surface area contributed by atoms with E-state index < -0.39 is 32.2 Å². The zero-order valence-corrected chi connectivity index (χ0v) is 28.2. The number of phenols is 1. The number of phenolic OH excluding ortho intramolecular Hbond substituents is 1. The van der Waals surface area contributed by atoms with Gasteiger partial charge in [0.25, 0.3) is 5.56 Å². The number of fused-ring (bicyclic) bond motifs is 1. The largest absolute Gasteiger partial charge is 0.506 e. The van der Waals surface area contributed by atoms with Gasteiger partial charge in [0, 0.05) is 37.3 Å². The van der Waals surface area contributed by atoms with Crippen LogP contribution in [-0.2, 0) is 4.79 Å². The quantitative estimate of drug-likeness (QED) is 0.131. The molecule has 9 nitrogen and oxygen atoms in total. The topological polar surface area (TPSA) is 115 Å². The zero-order valence-electron chi connectivity index (χ0n) is 25.1. The Balaban J connectivity index is 1.94. The van der Waals surface area contributed by atoms with Gasteiger partial charge in [0.2, 0.25) is 5.91 Å². The minimum absolute atomic E-state index is 0.0376. The minimum atomic E-state index is -1.09. The first-order chi connectivity index (χ1) is 21.7. The van der Waals surface area contributed by atoms with E-state index in [0.717, 1.165) is 0 Å². The maximum absolute atomic E-state index is 15.1. The molecule has 1 amide bonds. The number of aromatic nitrogens is 3. The van der Waals surface area contributed by atoms with E-state index >= 15 is 4.39 Å². The molecule has 3 aromatic heterocycles. The van der Waals surface area contributed by atoms with Crippen molar-refractivity contribution < 1.29 is 14.3 Å². The van der Waals surface area contributed by atoms with Crippen molar-refractivity contribution in [1.29, 1.82) is 5.26 Å². The highest BCUT2D eigenvalue weighted by Gasteiger charge is 2.33. The number of anilines is 1. The number of halogens is 5. The van der Waals surface area contributed by atoms with Crippen LogP contribution in [0.25, 0.3) is 28.0 Å². The fourth-order valence-corrected chi connectivity index (χ4v) is 6.74. The molecule has 1 aliphatic rings. The van der Waals surface area contributed by atoms with Gasteiger partial charge in [-0.3, -0.25) is 19.1 Å². The summed E-state index contributed by atoms with van der Waals surface area (Å²) in [5.74, 6) is -2.14. The van der Waals surface area contributed by atoms with E-state index in [1.54, 1.807) is 24.1 Å². The molecule has 1 N–H and O–H groups in total. The van der Waals surface area contributed by atoms with Crippen LogP contribution in [0.3, 0.4) is 0 Å². The first-order valence-electron chi connectivity index (χ1n) is 14.1. The molecule has 1 aliphatic heterocycles. The van der Waals surface area contributed by atoms with Crippen molar-refractivity contribution >= 4 is 69.0 Å². The Hall–Kier alpha value is -3.88. The minimum Gasteiger partial charge on any atom is -0.506 e. The summed E-state index contributed by atoms with van der Waals surface area (Å²) in [7, 11) is 0. The van der Waals surface area contributed by atoms with E-state index in [1.807, 2.05) is 25.7 Å². The Morgan fingerprint density at radius 1 is 1.20 bits per heavy atom. The number of carbonyl (C=O) groups excluding carboxylic acids is 1. The van der Waals surface area contributed by atoms with Crippen LogP contribution < -0.4 is 10.5 Å². The van der Waals surface area contributed by atoms with Gasteiger partial charge in [0.05, 0.1) is 38.4 Å². The molecule has 5 rings (SSSR count). The van der Waals surface area contributed by atoms with Crippen molar-refractivity contribution in [3.63, 3.8) is 0 Å². The van der Waals surface area contributed by atoms with Crippen molar-refractivity contribution in [2.45, 2.75) is 39.7 Å². The van der Waals surface area contributed by atoms with Crippen LogP contribution in [0.4, 0.5) is 10.1 Å². The summed E-state index contributed by atoms with van der Waals surface area (Å²) in [6, 6.07) is 5.00. The van der Waals surface area contributed by atoms with E-state index in [-0.39, 0.29) is 64.1 Å². The van der Waals surface area contributed by atoms with Gasteiger partial charge < -0.3 is 14.9 Å². The van der Waals surface area contributed by atoms with E-state index in [2.05, 4.69) is 17.6 Å². The molecular weight excluding hydrogens is 677 g/mol. The molecule has 1 saturated heterocycles. The molecule has 1 fully saturated rings. The van der Waals surface area contributed by atoms with Gasteiger partial charge in [-0.25, -0.2) is 9.37 Å². The first kappa shape index (κ1) is 33.5. The Morgan fingerprint density at radius 2 is 1.89 bits per heavy atom. The molecule has 0 radical (unpaired) electrons. The fourth-order valence-electron chi connectivity index (χ4n) is 5.81. The molecule has 46 heavy (non-hydrogen) atoms. The van der Waals surface area contributed by atoms with E-state index in [4.69, 9.17) is 51.4 Å². The summed E-state index contributed by atoms with van der Waals surface area (Å²) < 4.78 is 16.3. The fraction of sp³-hybridized carbons (Fsp3) is 0.281. The van der Waals surface area contributed by atoms with Crippen LogP contribution in [0.5, 0.6) is 5.75 Å². The van der Waals surface area contributed by atoms with E-state index in [0.29, 0.717) is 28.9 Å². The number of nitrogens with zero attached hydrogens (tertiary/aromatic N) is 6. The van der Waals surface area contributed by atoms with Crippen molar-refractivity contribution in [3.05, 3.63) is 84.1 Å². The second kappa shape index (κ2) is 12.7. The Bertz CT molecular complexity index is 2030. The highest BCUT2D eigenvalue weighted by Crippen LogP contribution is 2.48. The molecule has 0 bridgehead atoms. The SMILES string of the molecule is C=CC(=O)N1CCN(c2c(C#N)c(=O)n(-c3c(C)ccnc3C(C)C)c3nc(-c4c(O)c(Cl)c(Cl)c(F)c4Cl)c(Cl)cc23)C[C@H]1C. The summed E-state index contributed by atoms with van der Waals surface area (Å²) in [4.78, 5) is 39.7. The number of rotatable bonds is 5. The van der Waals surface area contributed by atoms with Crippen LogP contribution in [0.1, 0.15) is 43.5 Å². The monoisotopic (exact) mass is 702 g/mol. The van der Waals surface area contributed by atoms with Gasteiger partial charge in [-0.2, -0.15) is 5.26 Å². The molecule has 0 aliphatic carbocycles. The highest BCUT2D eigenvalue weighted by atomic mass is 35.5. The number of amides is 1. The molecule has 0 spiro atoms. The lowest BCUT2D eigenvalue weighted by atomic mass is 10.0. The molecule has 1 aromatic carbocycles. The average Bonchev–Trinajstić information content (AvgIpc) is 3.02. The number of pyridine rings is 3. The van der Waals surface area contributed by atoms with Crippen LogP contribution in [0.2, 0.25) is 20.1 Å². The Kier molecular flexibility index (Phi) is 9.26. The number of hydrogen-bond donors (Lipinski definition) is 1. The summed E-state index contributed by atoms with van der Waals surface area (Å²) in [6.07, 6.45) is 2.86. The van der Waals surface area contributed by atoms with Crippen LogP contribution in [0, 0.1) is 24.1 Å². The summed E-state index contributed by atoms with van der Waals surface area (Å²) in [5, 5.41) is 20.0. The Morgan fingerprint density at radius 3 is 2.50 bits per heavy atom. The third-order valence-electron chi connectivity index (χ3n) is 7.99. The number of piperazine rings is 1. The number of benzene rings is 1. The maximum atomic E-state index is 15.1. The highest BCUT2D eigenvalue weighted by molar-refractivity contribution is 6.46. The smallest absolute Gasteiger partial charge is 0.276 e. The van der Waals surface area contributed by atoms with Crippen molar-refractivity contribution in [2.75, 3.05) is 24.5 Å². The molecule has 0 unspecified atom stereocenters. The first-order valence-corrected chi connectivity index (χ1v) is 15.6. The number of aryl methyl sites for hydroxylation is 1. The zero-order chi connectivity index (χ0) is 33.8. The third-order valence-corrected chi connectivity index (χ3v) is 9.46. The second-order valence-corrected chi connectivity index (χ2v) is 12.7. The number of nitriles is 1. The molecule has 0 saturated carbocycles.